The number of hydrogen-bond donors (Lipinski definition) is 0. The molecule has 3 heterocycles. The van der Waals surface area contributed by atoms with Crippen molar-refractivity contribution in [3.8, 4) is 0 Å². The quantitative estimate of drug-likeness (QED) is 0.844. The molecule has 2 aliphatic rings. The molecule has 0 spiro atoms. The molecule has 20 heavy (non-hydrogen) atoms. The van der Waals surface area contributed by atoms with Gasteiger partial charge in [-0.2, -0.15) is 0 Å². The second-order valence-corrected chi connectivity index (χ2v) is 6.44. The van der Waals surface area contributed by atoms with Gasteiger partial charge in [-0.3, -0.25) is 14.8 Å². The Morgan fingerprint density at radius 2 is 2.20 bits per heavy atom. The molecule has 3 nitrogen and oxygen atoms in total. The summed E-state index contributed by atoms with van der Waals surface area (Å²) < 4.78 is 0. The van der Waals surface area contributed by atoms with Crippen molar-refractivity contribution in [2.75, 3.05) is 19.6 Å². The molecule has 2 unspecified atom stereocenters. The average Bonchev–Trinajstić information content (AvgIpc) is 2.49. The van der Waals surface area contributed by atoms with E-state index in [9.17, 15) is 0 Å². The number of rotatable bonds is 3. The third-order valence-electron chi connectivity index (χ3n) is 5.14. The second kappa shape index (κ2) is 6.23. The first-order valence-corrected chi connectivity index (χ1v) is 8.15. The van der Waals surface area contributed by atoms with E-state index in [2.05, 4.69) is 34.7 Å². The molecule has 0 amide bonds. The molecule has 0 bridgehead atoms. The molecule has 1 aromatic rings. The molecule has 3 heteroatoms. The number of piperidine rings is 1. The van der Waals surface area contributed by atoms with Crippen LogP contribution in [-0.2, 0) is 6.54 Å². The molecule has 110 valence electrons. The van der Waals surface area contributed by atoms with Crippen molar-refractivity contribution in [1.82, 2.24) is 14.8 Å². The van der Waals surface area contributed by atoms with Gasteiger partial charge in [-0.25, -0.2) is 0 Å². The van der Waals surface area contributed by atoms with Crippen molar-refractivity contribution < 1.29 is 0 Å². The van der Waals surface area contributed by atoms with Crippen LogP contribution in [0.1, 0.15) is 43.7 Å². The second-order valence-electron chi connectivity index (χ2n) is 6.44. The molecule has 3 rings (SSSR count). The topological polar surface area (TPSA) is 19.4 Å². The number of aryl methyl sites for hydroxylation is 1. The summed E-state index contributed by atoms with van der Waals surface area (Å²) in [5.41, 5.74) is 2.77. The Balaban J connectivity index is 1.72. The van der Waals surface area contributed by atoms with E-state index < -0.39 is 0 Å². The van der Waals surface area contributed by atoms with Crippen LogP contribution in [0.25, 0.3) is 0 Å². The Kier molecular flexibility index (Phi) is 4.37. The van der Waals surface area contributed by atoms with Crippen molar-refractivity contribution in [1.29, 1.82) is 0 Å². The van der Waals surface area contributed by atoms with E-state index in [1.165, 1.54) is 56.4 Å². The molecule has 2 atom stereocenters. The highest BCUT2D eigenvalue weighted by Gasteiger charge is 2.34. The van der Waals surface area contributed by atoms with Crippen LogP contribution in [0.2, 0.25) is 0 Å². The maximum atomic E-state index is 4.22. The minimum Gasteiger partial charge on any atom is -0.298 e. The molecule has 2 fully saturated rings. The Labute approximate surface area is 123 Å². The SMILES string of the molecule is CCC1CN2CCCCC2CN1Cc1ccncc1C. The number of fused-ring (bicyclic) bond motifs is 1. The van der Waals surface area contributed by atoms with E-state index >= 15 is 0 Å². The van der Waals surface area contributed by atoms with Crippen LogP contribution < -0.4 is 0 Å². The lowest BCUT2D eigenvalue weighted by Gasteiger charge is -2.48. The van der Waals surface area contributed by atoms with Gasteiger partial charge in [0.2, 0.25) is 0 Å². The van der Waals surface area contributed by atoms with Gasteiger partial charge in [0.15, 0.2) is 0 Å². The largest absolute Gasteiger partial charge is 0.298 e. The first-order chi connectivity index (χ1) is 9.78. The van der Waals surface area contributed by atoms with Gasteiger partial charge in [-0.05, 0) is 49.9 Å². The van der Waals surface area contributed by atoms with Gasteiger partial charge in [0.05, 0.1) is 0 Å². The Bertz CT molecular complexity index is 446. The fourth-order valence-corrected chi connectivity index (χ4v) is 3.79. The summed E-state index contributed by atoms with van der Waals surface area (Å²) in [6.45, 7) is 9.45. The van der Waals surface area contributed by atoms with Crippen molar-refractivity contribution in [3.05, 3.63) is 29.6 Å². The van der Waals surface area contributed by atoms with Crippen LogP contribution in [0.5, 0.6) is 0 Å². The highest BCUT2D eigenvalue weighted by Crippen LogP contribution is 2.26. The predicted octanol–water partition coefficient (Wildman–Crippen LogP) is 2.84. The van der Waals surface area contributed by atoms with E-state index in [0.717, 1.165) is 18.6 Å². The van der Waals surface area contributed by atoms with Crippen molar-refractivity contribution >= 4 is 0 Å². The minimum absolute atomic E-state index is 0.719. The summed E-state index contributed by atoms with van der Waals surface area (Å²) in [4.78, 5) is 9.68. The van der Waals surface area contributed by atoms with E-state index in [1.807, 2.05) is 12.4 Å². The monoisotopic (exact) mass is 273 g/mol. The molecule has 2 saturated heterocycles. The van der Waals surface area contributed by atoms with E-state index in [4.69, 9.17) is 0 Å². The van der Waals surface area contributed by atoms with Gasteiger partial charge in [-0.15, -0.1) is 0 Å². The molecule has 0 aliphatic carbocycles. The molecular formula is C17H27N3. The fraction of sp³-hybridized carbons (Fsp3) is 0.706. The average molecular weight is 273 g/mol. The van der Waals surface area contributed by atoms with Crippen LogP contribution in [0, 0.1) is 6.92 Å². The zero-order valence-corrected chi connectivity index (χ0v) is 12.9. The first kappa shape index (κ1) is 14.0. The van der Waals surface area contributed by atoms with Crippen LogP contribution in [0.3, 0.4) is 0 Å². The number of hydrogen-bond acceptors (Lipinski definition) is 3. The predicted molar refractivity (Wildman–Crippen MR) is 82.7 cm³/mol. The Morgan fingerprint density at radius 3 is 3.00 bits per heavy atom. The number of piperazine rings is 1. The lowest BCUT2D eigenvalue weighted by molar-refractivity contribution is 0.00318. The normalized spacial score (nSPS) is 28.3. The van der Waals surface area contributed by atoms with E-state index in [0.29, 0.717) is 0 Å². The highest BCUT2D eigenvalue weighted by molar-refractivity contribution is 5.21. The van der Waals surface area contributed by atoms with Gasteiger partial charge >= 0.3 is 0 Å². The minimum atomic E-state index is 0.719. The van der Waals surface area contributed by atoms with Crippen LogP contribution >= 0.6 is 0 Å². The number of aromatic nitrogens is 1. The first-order valence-electron chi connectivity index (χ1n) is 8.15. The Morgan fingerprint density at radius 1 is 1.30 bits per heavy atom. The molecular weight excluding hydrogens is 246 g/mol. The van der Waals surface area contributed by atoms with Gasteiger partial charge in [0.1, 0.15) is 0 Å². The summed E-state index contributed by atoms with van der Waals surface area (Å²) in [7, 11) is 0. The van der Waals surface area contributed by atoms with E-state index in [1.54, 1.807) is 0 Å². The lowest BCUT2D eigenvalue weighted by atomic mass is 9.95. The maximum Gasteiger partial charge on any atom is 0.0300 e. The number of pyridine rings is 1. The zero-order chi connectivity index (χ0) is 13.9. The van der Waals surface area contributed by atoms with Crippen LogP contribution in [0.15, 0.2) is 18.5 Å². The van der Waals surface area contributed by atoms with Crippen molar-refractivity contribution in [2.45, 2.75) is 58.2 Å². The standard InChI is InChI=1S/C17H27N3/c1-3-16-12-19-9-5-4-6-17(19)13-20(16)11-15-7-8-18-10-14(15)2/h7-8,10,16-17H,3-6,9,11-13H2,1-2H3. The molecule has 0 saturated carbocycles. The number of nitrogens with zero attached hydrogens (tertiary/aromatic N) is 3. The lowest BCUT2D eigenvalue weighted by Crippen LogP contribution is -2.58. The fourth-order valence-electron chi connectivity index (χ4n) is 3.79. The smallest absolute Gasteiger partial charge is 0.0300 e. The van der Waals surface area contributed by atoms with Gasteiger partial charge in [0.25, 0.3) is 0 Å². The molecule has 1 aromatic heterocycles. The summed E-state index contributed by atoms with van der Waals surface area (Å²) in [6, 6.07) is 3.71. The van der Waals surface area contributed by atoms with Crippen molar-refractivity contribution in [2.24, 2.45) is 0 Å². The Hall–Kier alpha value is -0.930. The zero-order valence-electron chi connectivity index (χ0n) is 12.9. The third-order valence-corrected chi connectivity index (χ3v) is 5.14. The highest BCUT2D eigenvalue weighted by atomic mass is 15.3. The van der Waals surface area contributed by atoms with Crippen LogP contribution in [-0.4, -0.2) is 46.5 Å². The van der Waals surface area contributed by atoms with Gasteiger partial charge < -0.3 is 0 Å². The summed E-state index contributed by atoms with van der Waals surface area (Å²) in [5, 5.41) is 0. The molecule has 0 radical (unpaired) electrons. The molecule has 2 aliphatic heterocycles. The van der Waals surface area contributed by atoms with Gasteiger partial charge in [0, 0.05) is 44.1 Å². The molecule has 0 aromatic carbocycles. The summed E-state index contributed by atoms with van der Waals surface area (Å²) in [5.74, 6) is 0. The summed E-state index contributed by atoms with van der Waals surface area (Å²) >= 11 is 0. The van der Waals surface area contributed by atoms with Gasteiger partial charge in [-0.1, -0.05) is 13.3 Å². The van der Waals surface area contributed by atoms with E-state index in [-0.39, 0.29) is 0 Å². The third kappa shape index (κ3) is 2.89. The molecule has 0 N–H and O–H groups in total. The summed E-state index contributed by atoms with van der Waals surface area (Å²) in [6.07, 6.45) is 9.39. The van der Waals surface area contributed by atoms with Crippen LogP contribution in [0.4, 0.5) is 0 Å². The maximum absolute atomic E-state index is 4.22. The van der Waals surface area contributed by atoms with Crippen molar-refractivity contribution in [3.63, 3.8) is 0 Å².